The number of nitrogens with one attached hydrogen (secondary N) is 2. The first-order valence-corrected chi connectivity index (χ1v) is 13.1. The average molecular weight is 520 g/mol. The van der Waals surface area contributed by atoms with Gasteiger partial charge in [0.05, 0.1) is 11.3 Å². The highest BCUT2D eigenvalue weighted by atomic mass is 32.2. The normalized spacial score (nSPS) is 11.5. The highest BCUT2D eigenvalue weighted by molar-refractivity contribution is 7.98. The van der Waals surface area contributed by atoms with Crippen LogP contribution in [0.4, 0.5) is 15.3 Å². The van der Waals surface area contributed by atoms with Crippen molar-refractivity contribution in [1.82, 2.24) is 5.32 Å². The Kier molecular flexibility index (Phi) is 8.39. The number of anilines is 1. The molecule has 0 aliphatic carbocycles. The Bertz CT molecular complexity index is 1360. The van der Waals surface area contributed by atoms with E-state index in [9.17, 15) is 14.9 Å². The minimum absolute atomic E-state index is 0.0298. The van der Waals surface area contributed by atoms with Crippen molar-refractivity contribution in [2.45, 2.75) is 64.2 Å². The molecule has 3 aromatic carbocycles. The fourth-order valence-electron chi connectivity index (χ4n) is 3.78. The Hall–Kier alpha value is -3.70. The van der Waals surface area contributed by atoms with Gasteiger partial charge in [0.2, 0.25) is 0 Å². The van der Waals surface area contributed by atoms with Crippen molar-refractivity contribution in [3.63, 3.8) is 0 Å². The number of benzene rings is 3. The number of amides is 2. The molecule has 2 N–H and O–H groups in total. The van der Waals surface area contributed by atoms with Gasteiger partial charge in [-0.25, -0.2) is 9.59 Å². The van der Waals surface area contributed by atoms with Crippen molar-refractivity contribution in [2.24, 2.45) is 0 Å². The summed E-state index contributed by atoms with van der Waals surface area (Å²) in [5.74, 6) is 0. The number of rotatable bonds is 5. The van der Waals surface area contributed by atoms with Crippen LogP contribution in [0.2, 0.25) is 0 Å². The Labute approximate surface area is 222 Å². The lowest BCUT2D eigenvalue weighted by Gasteiger charge is -2.24. The molecule has 0 fully saturated rings. The molecule has 0 atom stereocenters. The van der Waals surface area contributed by atoms with Crippen LogP contribution in [-0.2, 0) is 16.0 Å². The lowest BCUT2D eigenvalue weighted by Crippen LogP contribution is -2.33. The Balaban J connectivity index is 2.19. The van der Waals surface area contributed by atoms with Crippen molar-refractivity contribution in [3.05, 3.63) is 59.7 Å². The molecule has 194 valence electrons. The maximum atomic E-state index is 12.9. The molecule has 0 aliphatic rings. The number of carbonyl (C=O) groups excluding carboxylic acids is 2. The zero-order valence-corrected chi connectivity index (χ0v) is 23.1. The number of hydrogen-bond donors (Lipinski definition) is 2. The van der Waals surface area contributed by atoms with Gasteiger partial charge in [-0.15, -0.1) is 11.8 Å². The third kappa shape index (κ3) is 7.40. The zero-order valence-electron chi connectivity index (χ0n) is 22.3. The average Bonchev–Trinajstić information content (AvgIpc) is 2.80. The first kappa shape index (κ1) is 27.9. The predicted molar refractivity (Wildman–Crippen MR) is 149 cm³/mol. The molecule has 2 amide bonds. The molecular weight excluding hydrogens is 486 g/mol. The molecule has 7 nitrogen and oxygen atoms in total. The van der Waals surface area contributed by atoms with Crippen LogP contribution in [-0.4, -0.2) is 29.6 Å². The molecule has 0 bridgehead atoms. The van der Waals surface area contributed by atoms with E-state index in [2.05, 4.69) is 16.7 Å². The summed E-state index contributed by atoms with van der Waals surface area (Å²) in [6.07, 6.45) is 0.599. The molecule has 0 unspecified atom stereocenters. The summed E-state index contributed by atoms with van der Waals surface area (Å²) in [6.45, 7) is 10.6. The lowest BCUT2D eigenvalue weighted by molar-refractivity contribution is 0.0523. The summed E-state index contributed by atoms with van der Waals surface area (Å²) in [6, 6.07) is 18.1. The summed E-state index contributed by atoms with van der Waals surface area (Å²) in [5, 5.41) is 17.8. The number of nitrogens with zero attached hydrogens (tertiary/aromatic N) is 1. The van der Waals surface area contributed by atoms with Gasteiger partial charge in [0.1, 0.15) is 17.3 Å². The highest BCUT2D eigenvalue weighted by Crippen LogP contribution is 2.39. The van der Waals surface area contributed by atoms with Crippen LogP contribution in [0.25, 0.3) is 21.9 Å². The van der Waals surface area contributed by atoms with Crippen LogP contribution in [0, 0.1) is 11.3 Å². The van der Waals surface area contributed by atoms with Gasteiger partial charge in [0, 0.05) is 22.6 Å². The molecule has 0 spiro atoms. The number of ether oxygens (including phenoxy) is 2. The van der Waals surface area contributed by atoms with Gasteiger partial charge in [-0.2, -0.15) is 5.26 Å². The van der Waals surface area contributed by atoms with Gasteiger partial charge in [0.25, 0.3) is 0 Å². The Morgan fingerprint density at radius 1 is 0.919 bits per heavy atom. The second-order valence-corrected chi connectivity index (χ2v) is 11.4. The van der Waals surface area contributed by atoms with Crippen LogP contribution in [0.5, 0.6) is 0 Å². The van der Waals surface area contributed by atoms with E-state index in [4.69, 9.17) is 9.47 Å². The topological polar surface area (TPSA) is 100 Å². The summed E-state index contributed by atoms with van der Waals surface area (Å²) >= 11 is 1.42. The molecule has 3 rings (SSSR count). The van der Waals surface area contributed by atoms with E-state index in [1.54, 1.807) is 41.5 Å². The van der Waals surface area contributed by atoms with Crippen molar-refractivity contribution in [1.29, 1.82) is 5.26 Å². The second kappa shape index (κ2) is 11.1. The molecule has 0 saturated carbocycles. The second-order valence-electron chi connectivity index (χ2n) is 10.5. The van der Waals surface area contributed by atoms with E-state index in [1.165, 1.54) is 11.8 Å². The van der Waals surface area contributed by atoms with Crippen LogP contribution in [0.15, 0.2) is 53.4 Å². The molecular formula is C29H33N3O4S. The van der Waals surface area contributed by atoms with Crippen molar-refractivity contribution < 1.29 is 19.1 Å². The van der Waals surface area contributed by atoms with Crippen molar-refractivity contribution in [2.75, 3.05) is 11.6 Å². The van der Waals surface area contributed by atoms with Gasteiger partial charge in [0.15, 0.2) is 0 Å². The summed E-state index contributed by atoms with van der Waals surface area (Å²) in [5.41, 5.74) is 1.38. The highest BCUT2D eigenvalue weighted by Gasteiger charge is 2.25. The summed E-state index contributed by atoms with van der Waals surface area (Å²) in [7, 11) is 0. The van der Waals surface area contributed by atoms with E-state index in [0.717, 1.165) is 21.2 Å². The third-order valence-electron chi connectivity index (χ3n) is 5.22. The number of thioether (sulfide) groups is 1. The quantitative estimate of drug-likeness (QED) is 0.339. The van der Waals surface area contributed by atoms with Crippen LogP contribution >= 0.6 is 11.8 Å². The van der Waals surface area contributed by atoms with E-state index >= 15 is 0 Å². The first-order chi connectivity index (χ1) is 17.3. The Morgan fingerprint density at radius 2 is 1.54 bits per heavy atom. The van der Waals surface area contributed by atoms with Gasteiger partial charge in [-0.3, -0.25) is 5.32 Å². The number of nitriles is 1. The minimum Gasteiger partial charge on any atom is -0.444 e. The van der Waals surface area contributed by atoms with E-state index in [-0.39, 0.29) is 6.54 Å². The molecule has 0 aromatic heterocycles. The summed E-state index contributed by atoms with van der Waals surface area (Å²) < 4.78 is 10.9. The smallest absolute Gasteiger partial charge is 0.412 e. The number of hydrogen-bond acceptors (Lipinski definition) is 6. The van der Waals surface area contributed by atoms with E-state index < -0.39 is 23.4 Å². The molecule has 3 aromatic rings. The van der Waals surface area contributed by atoms with Crippen molar-refractivity contribution >= 4 is 40.4 Å². The molecule has 8 heteroatoms. The summed E-state index contributed by atoms with van der Waals surface area (Å²) in [4.78, 5) is 26.1. The van der Waals surface area contributed by atoms with E-state index in [1.807, 2.05) is 54.8 Å². The standard InChI is InChI=1S/C29H33N3O4S/c1-28(2,3)35-26(33)31-17-23-22(16-30)24(37-7)15-21(25(23)32-27(34)36-29(4,5)6)20-13-12-18-10-8-9-11-19(18)14-20/h8-15H,17H2,1-7H3,(H,31,33)(H,32,34). The van der Waals surface area contributed by atoms with Gasteiger partial charge >= 0.3 is 12.2 Å². The van der Waals surface area contributed by atoms with E-state index in [0.29, 0.717) is 22.4 Å². The zero-order chi connectivity index (χ0) is 27.4. The fourth-order valence-corrected chi connectivity index (χ4v) is 4.39. The monoisotopic (exact) mass is 519 g/mol. The Morgan fingerprint density at radius 3 is 2.14 bits per heavy atom. The maximum absolute atomic E-state index is 12.9. The molecule has 0 aliphatic heterocycles. The number of carbonyl (C=O) groups is 2. The van der Waals surface area contributed by atoms with Gasteiger partial charge < -0.3 is 14.8 Å². The van der Waals surface area contributed by atoms with Crippen LogP contribution in [0.1, 0.15) is 52.7 Å². The maximum Gasteiger partial charge on any atom is 0.412 e. The molecule has 0 heterocycles. The minimum atomic E-state index is -0.723. The van der Waals surface area contributed by atoms with Gasteiger partial charge in [-0.1, -0.05) is 36.4 Å². The predicted octanol–water partition coefficient (Wildman–Crippen LogP) is 7.47. The van der Waals surface area contributed by atoms with Crippen LogP contribution in [0.3, 0.4) is 0 Å². The molecule has 37 heavy (non-hydrogen) atoms. The first-order valence-electron chi connectivity index (χ1n) is 11.9. The fraction of sp³-hybridized carbons (Fsp3) is 0.345. The third-order valence-corrected chi connectivity index (χ3v) is 5.98. The number of alkyl carbamates (subject to hydrolysis) is 1. The number of fused-ring (bicyclic) bond motifs is 1. The van der Waals surface area contributed by atoms with Crippen molar-refractivity contribution in [3.8, 4) is 17.2 Å². The lowest BCUT2D eigenvalue weighted by atomic mass is 9.94. The largest absolute Gasteiger partial charge is 0.444 e. The van der Waals surface area contributed by atoms with Crippen LogP contribution < -0.4 is 10.6 Å². The molecule has 0 radical (unpaired) electrons. The van der Waals surface area contributed by atoms with Gasteiger partial charge in [-0.05, 0) is 76.3 Å². The molecule has 0 saturated heterocycles. The SMILES string of the molecule is CSc1cc(-c2ccc3ccccc3c2)c(NC(=O)OC(C)(C)C)c(CNC(=O)OC(C)(C)C)c1C#N.